The summed E-state index contributed by atoms with van der Waals surface area (Å²) in [6.45, 7) is 8.90. The van der Waals surface area contributed by atoms with Gasteiger partial charge in [0, 0.05) is 18.4 Å². The lowest BCUT2D eigenvalue weighted by molar-refractivity contribution is -0.133. The van der Waals surface area contributed by atoms with Crippen LogP contribution in [0.4, 0.5) is 0 Å². The van der Waals surface area contributed by atoms with Gasteiger partial charge < -0.3 is 15.2 Å². The number of carbonyl (C=O) groups is 2. The number of hydrogen-bond donors (Lipinski definition) is 2. The number of nitrogens with one attached hydrogen (secondary N) is 1. The van der Waals surface area contributed by atoms with Crippen molar-refractivity contribution in [2.24, 2.45) is 5.92 Å². The summed E-state index contributed by atoms with van der Waals surface area (Å²) < 4.78 is 5.71. The van der Waals surface area contributed by atoms with Gasteiger partial charge in [-0.05, 0) is 26.3 Å². The summed E-state index contributed by atoms with van der Waals surface area (Å²) in [5.41, 5.74) is 0.303. The number of rotatable bonds is 5. The maximum atomic E-state index is 11.3. The molecule has 0 aromatic carbocycles. The minimum absolute atomic E-state index is 0.0591. The van der Waals surface area contributed by atoms with E-state index in [0.29, 0.717) is 12.0 Å². The van der Waals surface area contributed by atoms with E-state index in [1.807, 2.05) is 13.8 Å². The molecule has 0 bridgehead atoms. The van der Waals surface area contributed by atoms with Crippen molar-refractivity contribution >= 4 is 11.9 Å². The molecule has 0 aromatic heterocycles. The van der Waals surface area contributed by atoms with Gasteiger partial charge in [-0.25, -0.2) is 4.79 Å². The maximum Gasteiger partial charge on any atom is 0.331 e. The number of carbonyl (C=O) groups excluding carboxylic acids is 1. The molecule has 0 saturated carbocycles. The summed E-state index contributed by atoms with van der Waals surface area (Å²) in [6, 6.07) is -0.277. The van der Waals surface area contributed by atoms with Crippen LogP contribution >= 0.6 is 0 Å². The molecular weight excluding hydrogens is 246 g/mol. The Balaban J connectivity index is 3.04. The molecule has 0 unspecified atom stereocenters. The predicted octanol–water partition coefficient (Wildman–Crippen LogP) is 1.50. The number of aliphatic carboxylic acids is 1. The highest BCUT2D eigenvalue weighted by molar-refractivity contribution is 5.87. The van der Waals surface area contributed by atoms with E-state index in [0.717, 1.165) is 0 Å². The number of carboxylic acids is 1. The number of amides is 1. The highest BCUT2D eigenvalue weighted by Gasteiger charge is 2.35. The van der Waals surface area contributed by atoms with Crippen LogP contribution in [0.25, 0.3) is 0 Å². The van der Waals surface area contributed by atoms with Gasteiger partial charge in [0.15, 0.2) is 0 Å². The minimum atomic E-state index is -0.953. The Morgan fingerprint density at radius 2 is 2.21 bits per heavy atom. The Kier molecular flexibility index (Phi) is 5.30. The van der Waals surface area contributed by atoms with E-state index in [1.54, 1.807) is 12.2 Å². The van der Waals surface area contributed by atoms with E-state index in [9.17, 15) is 9.59 Å². The van der Waals surface area contributed by atoms with Crippen molar-refractivity contribution in [2.45, 2.75) is 45.4 Å². The SMILES string of the molecule is C=C[C@H]1CC(C(=O)O)=C[C@@H](OC(C)C)[C@@H]1NC(C)=O. The van der Waals surface area contributed by atoms with Crippen molar-refractivity contribution < 1.29 is 19.4 Å². The van der Waals surface area contributed by atoms with Crippen LogP contribution in [0.15, 0.2) is 24.3 Å². The third-order valence-corrected chi connectivity index (χ3v) is 3.01. The zero-order valence-corrected chi connectivity index (χ0v) is 11.6. The van der Waals surface area contributed by atoms with Gasteiger partial charge in [-0.1, -0.05) is 6.08 Å². The minimum Gasteiger partial charge on any atom is -0.478 e. The molecule has 1 aliphatic rings. The van der Waals surface area contributed by atoms with Gasteiger partial charge in [0.05, 0.1) is 18.2 Å². The van der Waals surface area contributed by atoms with Gasteiger partial charge in [0.25, 0.3) is 0 Å². The zero-order valence-electron chi connectivity index (χ0n) is 11.6. The van der Waals surface area contributed by atoms with Crippen molar-refractivity contribution in [3.05, 3.63) is 24.3 Å². The highest BCUT2D eigenvalue weighted by Crippen LogP contribution is 2.28. The van der Waals surface area contributed by atoms with Crippen LogP contribution in [0.2, 0.25) is 0 Å². The molecule has 1 aliphatic carbocycles. The number of hydrogen-bond acceptors (Lipinski definition) is 3. The molecule has 0 fully saturated rings. The molecule has 1 amide bonds. The van der Waals surface area contributed by atoms with E-state index in [4.69, 9.17) is 9.84 Å². The molecule has 0 saturated heterocycles. The number of carboxylic acid groups (broad SMARTS) is 1. The van der Waals surface area contributed by atoms with Crippen molar-refractivity contribution in [3.63, 3.8) is 0 Å². The molecule has 0 spiro atoms. The molecule has 106 valence electrons. The predicted molar refractivity (Wildman–Crippen MR) is 71.6 cm³/mol. The molecule has 19 heavy (non-hydrogen) atoms. The van der Waals surface area contributed by atoms with Crippen LogP contribution < -0.4 is 5.32 Å². The Morgan fingerprint density at radius 3 is 2.63 bits per heavy atom. The van der Waals surface area contributed by atoms with Crippen molar-refractivity contribution in [1.29, 1.82) is 0 Å². The quantitative estimate of drug-likeness (QED) is 0.740. The van der Waals surface area contributed by atoms with Gasteiger partial charge >= 0.3 is 5.97 Å². The second-order valence-electron chi connectivity index (χ2n) is 4.98. The first kappa shape index (κ1) is 15.4. The van der Waals surface area contributed by atoms with E-state index in [2.05, 4.69) is 11.9 Å². The van der Waals surface area contributed by atoms with Crippen LogP contribution in [0.3, 0.4) is 0 Å². The average Bonchev–Trinajstić information content (AvgIpc) is 2.29. The Bertz CT molecular complexity index is 400. The summed E-state index contributed by atoms with van der Waals surface area (Å²) in [4.78, 5) is 22.4. The average molecular weight is 267 g/mol. The van der Waals surface area contributed by atoms with Gasteiger partial charge in [-0.3, -0.25) is 4.79 Å². The molecule has 5 nitrogen and oxygen atoms in total. The lowest BCUT2D eigenvalue weighted by Crippen LogP contribution is -2.50. The first-order chi connectivity index (χ1) is 8.85. The number of ether oxygens (including phenoxy) is 1. The standard InChI is InChI=1S/C14H21NO4/c1-5-10-6-11(14(17)18)7-12(19-8(2)3)13(10)15-9(4)16/h5,7-8,10,12-13H,1,6H2,2-4H3,(H,15,16)(H,17,18)/t10-,12+,13+/m0/s1. The van der Waals surface area contributed by atoms with E-state index in [-0.39, 0.29) is 24.0 Å². The van der Waals surface area contributed by atoms with E-state index >= 15 is 0 Å². The monoisotopic (exact) mass is 267 g/mol. The largest absolute Gasteiger partial charge is 0.478 e. The second kappa shape index (κ2) is 6.52. The Hall–Kier alpha value is -1.62. The normalized spacial score (nSPS) is 26.7. The third-order valence-electron chi connectivity index (χ3n) is 3.01. The summed E-state index contributed by atoms with van der Waals surface area (Å²) >= 11 is 0. The summed E-state index contributed by atoms with van der Waals surface area (Å²) in [7, 11) is 0. The molecule has 1 rings (SSSR count). The Labute approximate surface area is 113 Å². The van der Waals surface area contributed by atoms with Crippen molar-refractivity contribution in [3.8, 4) is 0 Å². The van der Waals surface area contributed by atoms with Crippen LogP contribution in [-0.2, 0) is 14.3 Å². The summed E-state index contributed by atoms with van der Waals surface area (Å²) in [5, 5.41) is 12.0. The van der Waals surface area contributed by atoms with Gasteiger partial charge in [0.2, 0.25) is 5.91 Å². The molecule has 0 aromatic rings. The second-order valence-corrected chi connectivity index (χ2v) is 4.98. The van der Waals surface area contributed by atoms with E-state index in [1.165, 1.54) is 6.92 Å². The molecule has 0 radical (unpaired) electrons. The fourth-order valence-electron chi connectivity index (χ4n) is 2.25. The van der Waals surface area contributed by atoms with Gasteiger partial charge in [-0.15, -0.1) is 6.58 Å². The molecule has 0 heterocycles. The van der Waals surface area contributed by atoms with Crippen LogP contribution in [0, 0.1) is 5.92 Å². The van der Waals surface area contributed by atoms with Gasteiger partial charge in [0.1, 0.15) is 0 Å². The van der Waals surface area contributed by atoms with Crippen LogP contribution in [0.1, 0.15) is 27.2 Å². The zero-order chi connectivity index (χ0) is 14.6. The molecule has 2 N–H and O–H groups in total. The summed E-state index contributed by atoms with van der Waals surface area (Å²) in [5.74, 6) is -1.27. The van der Waals surface area contributed by atoms with Gasteiger partial charge in [-0.2, -0.15) is 0 Å². The van der Waals surface area contributed by atoms with Crippen LogP contribution in [0.5, 0.6) is 0 Å². The highest BCUT2D eigenvalue weighted by atomic mass is 16.5. The maximum absolute atomic E-state index is 11.3. The van der Waals surface area contributed by atoms with Crippen LogP contribution in [-0.4, -0.2) is 35.2 Å². The third kappa shape index (κ3) is 4.21. The molecule has 0 aliphatic heterocycles. The molecular formula is C14H21NO4. The smallest absolute Gasteiger partial charge is 0.331 e. The Morgan fingerprint density at radius 1 is 1.58 bits per heavy atom. The lowest BCUT2D eigenvalue weighted by Gasteiger charge is -2.36. The molecule has 3 atom stereocenters. The first-order valence-electron chi connectivity index (χ1n) is 6.34. The van der Waals surface area contributed by atoms with E-state index < -0.39 is 12.1 Å². The topological polar surface area (TPSA) is 75.6 Å². The van der Waals surface area contributed by atoms with Crippen molar-refractivity contribution in [2.75, 3.05) is 0 Å². The molecule has 5 heteroatoms. The van der Waals surface area contributed by atoms with Crippen molar-refractivity contribution in [1.82, 2.24) is 5.32 Å². The summed E-state index contributed by atoms with van der Waals surface area (Å²) in [6.07, 6.45) is 3.10. The fourth-order valence-corrected chi connectivity index (χ4v) is 2.25. The fraction of sp³-hybridized carbons (Fsp3) is 0.571. The lowest BCUT2D eigenvalue weighted by atomic mass is 9.82. The first-order valence-corrected chi connectivity index (χ1v) is 6.34.